The molecular weight excluding hydrogens is 286 g/mol. The predicted molar refractivity (Wildman–Crippen MR) is 84.8 cm³/mol. The number of hydrogen-bond acceptors (Lipinski definition) is 4. The Hall–Kier alpha value is -0.170. The molecule has 3 aliphatic rings. The summed E-state index contributed by atoms with van der Waals surface area (Å²) in [5, 5.41) is 0. The van der Waals surface area contributed by atoms with Crippen molar-refractivity contribution in [2.24, 2.45) is 0 Å². The maximum absolute atomic E-state index is 12.4. The lowest BCUT2D eigenvalue weighted by Gasteiger charge is -2.35. The van der Waals surface area contributed by atoms with Gasteiger partial charge in [-0.2, -0.15) is 4.31 Å². The predicted octanol–water partition coefficient (Wildman–Crippen LogP) is 0.971. The number of fused-ring (bicyclic) bond motifs is 2. The summed E-state index contributed by atoms with van der Waals surface area (Å²) in [6.45, 7) is 4.01. The first kappa shape index (κ1) is 15.7. The van der Waals surface area contributed by atoms with Crippen molar-refractivity contribution in [3.05, 3.63) is 0 Å². The largest absolute Gasteiger partial charge is 0.304 e. The Morgan fingerprint density at radius 2 is 1.57 bits per heavy atom. The van der Waals surface area contributed by atoms with Crippen molar-refractivity contribution in [2.75, 3.05) is 45.5 Å². The zero-order valence-corrected chi connectivity index (χ0v) is 14.0. The van der Waals surface area contributed by atoms with E-state index in [-0.39, 0.29) is 0 Å². The Bertz CT molecular complexity index is 430. The van der Waals surface area contributed by atoms with Gasteiger partial charge in [-0.3, -0.25) is 4.90 Å². The fourth-order valence-electron chi connectivity index (χ4n) is 4.21. The molecule has 3 rings (SSSR count). The van der Waals surface area contributed by atoms with Crippen LogP contribution in [0.1, 0.15) is 38.5 Å². The zero-order chi connectivity index (χ0) is 14.9. The lowest BCUT2D eigenvalue weighted by Crippen LogP contribution is -2.48. The fourth-order valence-corrected chi connectivity index (χ4v) is 5.69. The highest BCUT2D eigenvalue weighted by Gasteiger charge is 2.36. The molecule has 0 saturated carbocycles. The van der Waals surface area contributed by atoms with E-state index < -0.39 is 10.0 Å². The van der Waals surface area contributed by atoms with Crippen molar-refractivity contribution in [1.29, 1.82) is 0 Å². The van der Waals surface area contributed by atoms with Gasteiger partial charge in [-0.1, -0.05) is 6.42 Å². The summed E-state index contributed by atoms with van der Waals surface area (Å²) in [5.74, 6) is 0.326. The summed E-state index contributed by atoms with van der Waals surface area (Å²) in [6, 6.07) is 1.49. The molecule has 6 heteroatoms. The Balaban J connectivity index is 1.46. The van der Waals surface area contributed by atoms with Gasteiger partial charge in [0.15, 0.2) is 0 Å². The van der Waals surface area contributed by atoms with Gasteiger partial charge in [0.1, 0.15) is 0 Å². The fraction of sp³-hybridized carbons (Fsp3) is 1.00. The van der Waals surface area contributed by atoms with Crippen molar-refractivity contribution in [3.63, 3.8) is 0 Å². The Morgan fingerprint density at radius 3 is 2.19 bits per heavy atom. The van der Waals surface area contributed by atoms with Crippen LogP contribution in [0.2, 0.25) is 0 Å². The van der Waals surface area contributed by atoms with E-state index in [0.717, 1.165) is 38.1 Å². The van der Waals surface area contributed by atoms with E-state index in [4.69, 9.17) is 0 Å². The van der Waals surface area contributed by atoms with Crippen molar-refractivity contribution < 1.29 is 8.42 Å². The first-order valence-corrected chi connectivity index (χ1v) is 10.1. The van der Waals surface area contributed by atoms with Crippen molar-refractivity contribution in [2.45, 2.75) is 50.6 Å². The second-order valence-corrected chi connectivity index (χ2v) is 9.01. The van der Waals surface area contributed by atoms with Gasteiger partial charge in [0.25, 0.3) is 0 Å². The quantitative estimate of drug-likeness (QED) is 0.758. The molecule has 0 amide bonds. The summed E-state index contributed by atoms with van der Waals surface area (Å²) in [5.41, 5.74) is 0. The van der Waals surface area contributed by atoms with E-state index in [1.807, 2.05) is 0 Å². The van der Waals surface area contributed by atoms with E-state index in [1.165, 1.54) is 32.1 Å². The molecule has 0 radical (unpaired) electrons. The molecule has 0 aliphatic carbocycles. The summed E-state index contributed by atoms with van der Waals surface area (Å²) in [6.07, 6.45) is 7.46. The molecule has 3 fully saturated rings. The minimum absolute atomic E-state index is 0.326. The third-order valence-electron chi connectivity index (χ3n) is 5.52. The Kier molecular flexibility index (Phi) is 4.88. The minimum Gasteiger partial charge on any atom is -0.304 e. The molecule has 0 aromatic heterocycles. The maximum atomic E-state index is 12.4. The second-order valence-electron chi connectivity index (χ2n) is 6.93. The number of sulfonamides is 1. The molecule has 0 N–H and O–H groups in total. The van der Waals surface area contributed by atoms with Crippen molar-refractivity contribution in [3.8, 4) is 0 Å². The van der Waals surface area contributed by atoms with Gasteiger partial charge < -0.3 is 4.90 Å². The van der Waals surface area contributed by atoms with Gasteiger partial charge in [-0.25, -0.2) is 8.42 Å². The lowest BCUT2D eigenvalue weighted by molar-refractivity contribution is 0.141. The molecule has 3 saturated heterocycles. The number of likely N-dealkylation sites (N-methyl/N-ethyl adjacent to an activating group) is 1. The van der Waals surface area contributed by atoms with Gasteiger partial charge in [0.2, 0.25) is 10.0 Å². The highest BCUT2D eigenvalue weighted by atomic mass is 32.2. The van der Waals surface area contributed by atoms with Crippen LogP contribution in [0.4, 0.5) is 0 Å². The van der Waals surface area contributed by atoms with Gasteiger partial charge in [-0.05, 0) is 45.7 Å². The molecule has 0 spiro atoms. The molecule has 2 bridgehead atoms. The molecule has 2 atom stereocenters. The number of nitrogens with zero attached hydrogens (tertiary/aromatic N) is 3. The smallest absolute Gasteiger partial charge is 0.214 e. The van der Waals surface area contributed by atoms with Crippen LogP contribution in [0.5, 0.6) is 0 Å². The summed E-state index contributed by atoms with van der Waals surface area (Å²) in [4.78, 5) is 4.79. The van der Waals surface area contributed by atoms with Gasteiger partial charge in [0, 0.05) is 38.3 Å². The van der Waals surface area contributed by atoms with Crippen LogP contribution >= 0.6 is 0 Å². The molecule has 21 heavy (non-hydrogen) atoms. The number of rotatable bonds is 5. The molecule has 3 aliphatic heterocycles. The van der Waals surface area contributed by atoms with E-state index in [1.54, 1.807) is 4.31 Å². The SMILES string of the molecule is CN1CCN(S(=O)(=O)CCCN2[C@@H]3CCC[C@H]2CC3)CC1. The normalized spacial score (nSPS) is 32.6. The van der Waals surface area contributed by atoms with E-state index in [0.29, 0.717) is 18.8 Å². The van der Waals surface area contributed by atoms with E-state index in [9.17, 15) is 8.42 Å². The van der Waals surface area contributed by atoms with Crippen LogP contribution in [-0.4, -0.2) is 80.1 Å². The number of piperidine rings is 1. The van der Waals surface area contributed by atoms with Crippen LogP contribution in [0.3, 0.4) is 0 Å². The molecule has 0 aromatic carbocycles. The highest BCUT2D eigenvalue weighted by molar-refractivity contribution is 7.89. The van der Waals surface area contributed by atoms with Crippen molar-refractivity contribution in [1.82, 2.24) is 14.1 Å². The van der Waals surface area contributed by atoms with Crippen LogP contribution in [0, 0.1) is 0 Å². The monoisotopic (exact) mass is 315 g/mol. The van der Waals surface area contributed by atoms with Crippen LogP contribution in [-0.2, 0) is 10.0 Å². The maximum Gasteiger partial charge on any atom is 0.214 e. The van der Waals surface area contributed by atoms with Crippen LogP contribution in [0.25, 0.3) is 0 Å². The standard InChI is InChI=1S/C15H29N3O2S/c1-16-9-11-17(12-10-16)21(19,20)13-3-8-18-14-4-2-5-15(18)7-6-14/h14-15H,2-13H2,1H3/t14-,15+. The summed E-state index contributed by atoms with van der Waals surface area (Å²) >= 11 is 0. The first-order chi connectivity index (χ1) is 10.1. The van der Waals surface area contributed by atoms with Gasteiger partial charge in [0.05, 0.1) is 5.75 Å². The van der Waals surface area contributed by atoms with Crippen LogP contribution < -0.4 is 0 Å². The van der Waals surface area contributed by atoms with E-state index in [2.05, 4.69) is 16.8 Å². The van der Waals surface area contributed by atoms with Gasteiger partial charge >= 0.3 is 0 Å². The van der Waals surface area contributed by atoms with E-state index >= 15 is 0 Å². The Morgan fingerprint density at radius 1 is 0.952 bits per heavy atom. The van der Waals surface area contributed by atoms with Crippen molar-refractivity contribution >= 4 is 10.0 Å². The van der Waals surface area contributed by atoms with Gasteiger partial charge in [-0.15, -0.1) is 0 Å². The topological polar surface area (TPSA) is 43.9 Å². The first-order valence-electron chi connectivity index (χ1n) is 8.48. The third-order valence-corrected chi connectivity index (χ3v) is 7.48. The average molecular weight is 315 g/mol. The lowest BCUT2D eigenvalue weighted by atomic mass is 10.0. The number of hydrogen-bond donors (Lipinski definition) is 0. The molecule has 5 nitrogen and oxygen atoms in total. The summed E-state index contributed by atoms with van der Waals surface area (Å²) in [7, 11) is -0.990. The zero-order valence-electron chi connectivity index (χ0n) is 13.2. The Labute approximate surface area is 129 Å². The molecule has 0 aromatic rings. The third kappa shape index (κ3) is 3.60. The van der Waals surface area contributed by atoms with Crippen LogP contribution in [0.15, 0.2) is 0 Å². The summed E-state index contributed by atoms with van der Waals surface area (Å²) < 4.78 is 26.5. The number of piperazine rings is 1. The molecule has 0 unspecified atom stereocenters. The molecule has 3 heterocycles. The minimum atomic E-state index is -3.04. The average Bonchev–Trinajstić information content (AvgIpc) is 2.69. The highest BCUT2D eigenvalue weighted by Crippen LogP contribution is 2.35. The molecular formula is C15H29N3O2S. The second kappa shape index (κ2) is 6.52. The molecule has 122 valence electrons.